The molecule has 0 spiro atoms. The van der Waals surface area contributed by atoms with Gasteiger partial charge in [0.15, 0.2) is 0 Å². The molecule has 4 rings (SSSR count). The summed E-state index contributed by atoms with van der Waals surface area (Å²) in [5.41, 5.74) is 4.29. The largest absolute Gasteiger partial charge is 0.379 e. The minimum Gasteiger partial charge on any atom is -0.379 e. The maximum absolute atomic E-state index is 3.93. The van der Waals surface area contributed by atoms with Crippen LogP contribution in [0.15, 0.2) is 54.6 Å². The van der Waals surface area contributed by atoms with E-state index >= 15 is 0 Å². The summed E-state index contributed by atoms with van der Waals surface area (Å²) in [6.45, 7) is 0. The molecule has 1 heteroatoms. The van der Waals surface area contributed by atoms with Crippen molar-refractivity contribution in [3.05, 3.63) is 54.6 Å². The molecule has 2 fully saturated rings. The molecule has 0 bridgehead atoms. The topological polar surface area (TPSA) is 12.0 Å². The number of benzene rings is 2. The van der Waals surface area contributed by atoms with Crippen LogP contribution >= 0.6 is 0 Å². The maximum atomic E-state index is 3.93. The first-order valence-corrected chi connectivity index (χ1v) is 8.79. The van der Waals surface area contributed by atoms with Crippen LogP contribution in [0.1, 0.15) is 44.9 Å². The van der Waals surface area contributed by atoms with E-state index in [0.717, 1.165) is 5.92 Å². The summed E-state index contributed by atoms with van der Waals surface area (Å²) < 4.78 is 0. The molecule has 114 valence electrons. The molecular formula is C21H25N. The zero-order chi connectivity index (χ0) is 14.8. The minimum absolute atomic E-state index is 0.395. The van der Waals surface area contributed by atoms with Crippen LogP contribution < -0.4 is 5.32 Å². The Kier molecular flexibility index (Phi) is 3.65. The highest BCUT2D eigenvalue weighted by Gasteiger charge is 2.43. The van der Waals surface area contributed by atoms with Gasteiger partial charge in [0.05, 0.1) is 0 Å². The van der Waals surface area contributed by atoms with Gasteiger partial charge in [0.25, 0.3) is 0 Å². The Morgan fingerprint density at radius 2 is 1.41 bits per heavy atom. The van der Waals surface area contributed by atoms with E-state index in [2.05, 4.69) is 59.9 Å². The molecule has 1 N–H and O–H groups in total. The second kappa shape index (κ2) is 5.79. The van der Waals surface area contributed by atoms with E-state index in [0.29, 0.717) is 5.54 Å². The molecular weight excluding hydrogens is 266 g/mol. The monoisotopic (exact) mass is 291 g/mol. The highest BCUT2D eigenvalue weighted by molar-refractivity contribution is 5.66. The van der Waals surface area contributed by atoms with Gasteiger partial charge in [-0.1, -0.05) is 61.7 Å². The first kappa shape index (κ1) is 13.9. The van der Waals surface area contributed by atoms with Crippen LogP contribution in [0.4, 0.5) is 5.69 Å². The number of anilines is 1. The van der Waals surface area contributed by atoms with Gasteiger partial charge in [-0.15, -0.1) is 0 Å². The van der Waals surface area contributed by atoms with E-state index in [4.69, 9.17) is 0 Å². The van der Waals surface area contributed by atoms with Crippen molar-refractivity contribution >= 4 is 5.69 Å². The van der Waals surface area contributed by atoms with Crippen LogP contribution in [0.5, 0.6) is 0 Å². The van der Waals surface area contributed by atoms with Gasteiger partial charge in [-0.05, 0) is 54.9 Å². The molecule has 2 aromatic rings. The number of nitrogens with one attached hydrogen (secondary N) is 1. The molecule has 2 aromatic carbocycles. The molecule has 0 aliphatic heterocycles. The minimum atomic E-state index is 0.395. The van der Waals surface area contributed by atoms with E-state index in [1.165, 1.54) is 61.8 Å². The lowest BCUT2D eigenvalue weighted by atomic mass is 9.75. The first-order chi connectivity index (χ1) is 10.9. The first-order valence-electron chi connectivity index (χ1n) is 8.79. The lowest BCUT2D eigenvalue weighted by molar-refractivity contribution is 0.249. The fraction of sp³-hybridized carbons (Fsp3) is 0.429. The summed E-state index contributed by atoms with van der Waals surface area (Å²) in [4.78, 5) is 0. The van der Waals surface area contributed by atoms with Crippen LogP contribution in [0.3, 0.4) is 0 Å². The Balaban J connectivity index is 1.54. The standard InChI is InChI=1S/C21H25N/c1-2-7-17(8-3-1)18-11-13-20(14-12-18)22-21-15-5-4-9-19(21)10-6-16-21/h1-3,7-8,11-14,19,22H,4-6,9-10,15-16H2. The molecule has 2 saturated carbocycles. The van der Waals surface area contributed by atoms with Gasteiger partial charge >= 0.3 is 0 Å². The molecule has 22 heavy (non-hydrogen) atoms. The summed E-state index contributed by atoms with van der Waals surface area (Å²) in [6.07, 6.45) is 9.80. The van der Waals surface area contributed by atoms with Gasteiger partial charge in [-0.3, -0.25) is 0 Å². The zero-order valence-electron chi connectivity index (χ0n) is 13.2. The normalized spacial score (nSPS) is 27.4. The van der Waals surface area contributed by atoms with Crippen molar-refractivity contribution in [1.29, 1.82) is 0 Å². The maximum Gasteiger partial charge on any atom is 0.0401 e. The Morgan fingerprint density at radius 3 is 2.23 bits per heavy atom. The van der Waals surface area contributed by atoms with Crippen LogP contribution in [-0.2, 0) is 0 Å². The van der Waals surface area contributed by atoms with Crippen LogP contribution in [0.25, 0.3) is 11.1 Å². The smallest absolute Gasteiger partial charge is 0.0401 e. The van der Waals surface area contributed by atoms with E-state index in [-0.39, 0.29) is 0 Å². The molecule has 2 atom stereocenters. The average Bonchev–Trinajstić information content (AvgIpc) is 3.00. The summed E-state index contributed by atoms with van der Waals surface area (Å²) in [5.74, 6) is 0.898. The van der Waals surface area contributed by atoms with Gasteiger partial charge in [0.1, 0.15) is 0 Å². The Bertz CT molecular complexity index is 616. The summed E-state index contributed by atoms with van der Waals surface area (Å²) in [6, 6.07) is 19.7. The van der Waals surface area contributed by atoms with Crippen molar-refractivity contribution in [2.45, 2.75) is 50.5 Å². The lowest BCUT2D eigenvalue weighted by Crippen LogP contribution is -2.44. The average molecular weight is 291 g/mol. The molecule has 2 aliphatic carbocycles. The van der Waals surface area contributed by atoms with Crippen molar-refractivity contribution in [3.8, 4) is 11.1 Å². The molecule has 0 heterocycles. The van der Waals surface area contributed by atoms with Crippen molar-refractivity contribution in [2.24, 2.45) is 5.92 Å². The predicted molar refractivity (Wildman–Crippen MR) is 94.0 cm³/mol. The second-order valence-electron chi connectivity index (χ2n) is 7.06. The Morgan fingerprint density at radius 1 is 0.727 bits per heavy atom. The fourth-order valence-corrected chi connectivity index (χ4v) is 4.62. The zero-order valence-corrected chi connectivity index (χ0v) is 13.2. The third-order valence-corrected chi connectivity index (χ3v) is 5.77. The van der Waals surface area contributed by atoms with Gasteiger partial charge in [0.2, 0.25) is 0 Å². The highest BCUT2D eigenvalue weighted by Crippen LogP contribution is 2.47. The fourth-order valence-electron chi connectivity index (χ4n) is 4.62. The molecule has 0 amide bonds. The number of rotatable bonds is 3. The SMILES string of the molecule is c1ccc(-c2ccc(NC34CCCCC3CCC4)cc2)cc1. The highest BCUT2D eigenvalue weighted by atomic mass is 15.0. The Labute approximate surface area is 133 Å². The van der Waals surface area contributed by atoms with Crippen molar-refractivity contribution in [2.75, 3.05) is 5.32 Å². The summed E-state index contributed by atoms with van der Waals surface area (Å²) in [7, 11) is 0. The summed E-state index contributed by atoms with van der Waals surface area (Å²) >= 11 is 0. The molecule has 2 aliphatic rings. The molecule has 2 unspecified atom stereocenters. The quantitative estimate of drug-likeness (QED) is 0.744. The van der Waals surface area contributed by atoms with E-state index in [1.54, 1.807) is 0 Å². The lowest BCUT2D eigenvalue weighted by Gasteiger charge is -2.41. The van der Waals surface area contributed by atoms with Gasteiger partial charge in [0, 0.05) is 11.2 Å². The van der Waals surface area contributed by atoms with Gasteiger partial charge < -0.3 is 5.32 Å². The van der Waals surface area contributed by atoms with Crippen molar-refractivity contribution in [3.63, 3.8) is 0 Å². The molecule has 0 saturated heterocycles. The van der Waals surface area contributed by atoms with Crippen molar-refractivity contribution in [1.82, 2.24) is 0 Å². The van der Waals surface area contributed by atoms with Crippen molar-refractivity contribution < 1.29 is 0 Å². The third-order valence-electron chi connectivity index (χ3n) is 5.77. The Hall–Kier alpha value is -1.76. The summed E-state index contributed by atoms with van der Waals surface area (Å²) in [5, 5.41) is 3.93. The second-order valence-corrected chi connectivity index (χ2v) is 7.06. The molecule has 0 aromatic heterocycles. The van der Waals surface area contributed by atoms with E-state index in [9.17, 15) is 0 Å². The van der Waals surface area contributed by atoms with E-state index in [1.807, 2.05) is 0 Å². The van der Waals surface area contributed by atoms with Gasteiger partial charge in [-0.25, -0.2) is 0 Å². The molecule has 1 nitrogen and oxygen atoms in total. The van der Waals surface area contributed by atoms with Crippen LogP contribution in [0.2, 0.25) is 0 Å². The molecule has 0 radical (unpaired) electrons. The van der Waals surface area contributed by atoms with Crippen LogP contribution in [-0.4, -0.2) is 5.54 Å². The third kappa shape index (κ3) is 2.54. The van der Waals surface area contributed by atoms with Gasteiger partial charge in [-0.2, -0.15) is 0 Å². The number of hydrogen-bond donors (Lipinski definition) is 1. The van der Waals surface area contributed by atoms with E-state index < -0.39 is 0 Å². The number of fused-ring (bicyclic) bond motifs is 1. The van der Waals surface area contributed by atoms with Crippen LogP contribution in [0, 0.1) is 5.92 Å². The number of hydrogen-bond acceptors (Lipinski definition) is 1. The predicted octanol–water partition coefficient (Wildman–Crippen LogP) is 5.88.